The van der Waals surface area contributed by atoms with Gasteiger partial charge in [-0.25, -0.2) is 0 Å². The van der Waals surface area contributed by atoms with Crippen molar-refractivity contribution in [1.29, 1.82) is 0 Å². The molecule has 0 bridgehead atoms. The fourth-order valence-corrected chi connectivity index (χ4v) is 1.74. The Bertz CT molecular complexity index is 698. The fourth-order valence-electron chi connectivity index (χ4n) is 1.74. The van der Waals surface area contributed by atoms with Crippen molar-refractivity contribution in [3.63, 3.8) is 0 Å². The number of benzene rings is 2. The number of phenolic OH excluding ortho intramolecular Hbond substituents is 1. The average molecular weight is 242 g/mol. The van der Waals surface area contributed by atoms with E-state index in [1.54, 1.807) is 18.2 Å². The highest BCUT2D eigenvalue weighted by atomic mass is 16.3. The van der Waals surface area contributed by atoms with Crippen LogP contribution < -0.4 is 5.43 Å². The lowest BCUT2D eigenvalue weighted by atomic mass is 10.1. The Morgan fingerprint density at radius 1 is 1.00 bits per heavy atom. The molecule has 2 aliphatic rings. The van der Waals surface area contributed by atoms with Gasteiger partial charge in [0.25, 0.3) is 0 Å². The zero-order chi connectivity index (χ0) is 13.1. The van der Waals surface area contributed by atoms with E-state index in [-0.39, 0.29) is 11.2 Å². The largest absolute Gasteiger partial charge is 0.508 e. The highest BCUT2D eigenvalue weighted by molar-refractivity contribution is 5.83. The molecule has 0 aromatic heterocycles. The van der Waals surface area contributed by atoms with Crippen LogP contribution in [0.3, 0.4) is 0 Å². The van der Waals surface area contributed by atoms with Gasteiger partial charge >= 0.3 is 0 Å². The van der Waals surface area contributed by atoms with Crippen LogP contribution in [-0.2, 0) is 0 Å². The Hall–Kier alpha value is -2.29. The topological polar surface area (TPSA) is 50.4 Å². The van der Waals surface area contributed by atoms with Crippen molar-refractivity contribution in [3.05, 3.63) is 52.7 Å². The van der Waals surface area contributed by atoms with Crippen molar-refractivity contribution < 1.29 is 9.52 Å². The second-order valence-electron chi connectivity index (χ2n) is 3.67. The van der Waals surface area contributed by atoms with E-state index in [0.717, 1.165) is 10.9 Å². The number of hydrogen-bond donors (Lipinski definition) is 1. The lowest BCUT2D eigenvalue weighted by Gasteiger charge is -2.06. The third kappa shape index (κ3) is 2.20. The van der Waals surface area contributed by atoms with Crippen molar-refractivity contribution in [3.8, 4) is 17.1 Å². The standard InChI is InChI=1S/C13H8O3.C2H6/c14-10-3-1-8-5-9-2-4-11(15)7-13(9)16-12(8)6-10;1-2/h1-7,14H;1-2H3. The molecule has 1 aliphatic heterocycles. The fraction of sp³-hybridized carbons (Fsp3) is 0.133. The van der Waals surface area contributed by atoms with Crippen LogP contribution >= 0.6 is 0 Å². The van der Waals surface area contributed by atoms with Gasteiger partial charge in [0.2, 0.25) is 0 Å². The number of hydrogen-bond acceptors (Lipinski definition) is 3. The summed E-state index contributed by atoms with van der Waals surface area (Å²) in [4.78, 5) is 11.2. The monoisotopic (exact) mass is 242 g/mol. The van der Waals surface area contributed by atoms with Gasteiger partial charge in [-0.15, -0.1) is 0 Å². The summed E-state index contributed by atoms with van der Waals surface area (Å²) in [5.74, 6) is 0.680. The molecule has 1 aromatic carbocycles. The van der Waals surface area contributed by atoms with Crippen LogP contribution in [0.1, 0.15) is 13.8 Å². The summed E-state index contributed by atoms with van der Waals surface area (Å²) in [6.07, 6.45) is 0. The molecule has 0 amide bonds. The summed E-state index contributed by atoms with van der Waals surface area (Å²) in [6.45, 7) is 4.00. The van der Waals surface area contributed by atoms with Crippen molar-refractivity contribution >= 4 is 11.0 Å². The summed E-state index contributed by atoms with van der Waals surface area (Å²) < 4.78 is 5.55. The molecule has 18 heavy (non-hydrogen) atoms. The van der Waals surface area contributed by atoms with Crippen LogP contribution in [0.2, 0.25) is 0 Å². The number of rotatable bonds is 0. The Labute approximate surface area is 105 Å². The molecular weight excluding hydrogens is 228 g/mol. The zero-order valence-electron chi connectivity index (χ0n) is 10.3. The molecular formula is C15H14O3. The Balaban J connectivity index is 0.000000574. The Morgan fingerprint density at radius 3 is 2.56 bits per heavy atom. The molecule has 0 radical (unpaired) electrons. The van der Waals surface area contributed by atoms with E-state index in [9.17, 15) is 9.90 Å². The molecule has 3 nitrogen and oxygen atoms in total. The van der Waals surface area contributed by atoms with Gasteiger partial charge in [-0.3, -0.25) is 4.79 Å². The second-order valence-corrected chi connectivity index (χ2v) is 3.67. The quantitative estimate of drug-likeness (QED) is 0.612. The molecule has 92 valence electrons. The van der Waals surface area contributed by atoms with Gasteiger partial charge in [-0.05, 0) is 30.3 Å². The van der Waals surface area contributed by atoms with Crippen molar-refractivity contribution in [2.24, 2.45) is 0 Å². The number of fused-ring (bicyclic) bond motifs is 2. The zero-order valence-corrected chi connectivity index (χ0v) is 10.3. The molecule has 0 spiro atoms. The average Bonchev–Trinajstić information content (AvgIpc) is 2.38. The van der Waals surface area contributed by atoms with Gasteiger partial charge in [-0.1, -0.05) is 13.8 Å². The summed E-state index contributed by atoms with van der Waals surface area (Å²) in [6, 6.07) is 11.5. The molecule has 0 saturated heterocycles. The molecule has 1 aliphatic carbocycles. The van der Waals surface area contributed by atoms with Gasteiger partial charge in [0.15, 0.2) is 5.43 Å². The minimum Gasteiger partial charge on any atom is -0.508 e. The Kier molecular flexibility index (Phi) is 3.33. The van der Waals surface area contributed by atoms with Crippen molar-refractivity contribution in [2.75, 3.05) is 0 Å². The predicted molar refractivity (Wildman–Crippen MR) is 72.1 cm³/mol. The normalized spacial score (nSPS) is 10.1. The van der Waals surface area contributed by atoms with E-state index < -0.39 is 0 Å². The summed E-state index contributed by atoms with van der Waals surface area (Å²) in [5, 5.41) is 10.2. The molecule has 0 atom stereocenters. The lowest BCUT2D eigenvalue weighted by Crippen LogP contribution is -1.97. The molecule has 0 unspecified atom stereocenters. The molecule has 0 fully saturated rings. The van der Waals surface area contributed by atoms with Crippen LogP contribution in [-0.4, -0.2) is 5.11 Å². The van der Waals surface area contributed by atoms with E-state index >= 15 is 0 Å². The third-order valence-electron chi connectivity index (χ3n) is 2.51. The highest BCUT2D eigenvalue weighted by Crippen LogP contribution is 2.28. The summed E-state index contributed by atoms with van der Waals surface area (Å²) in [7, 11) is 0. The highest BCUT2D eigenvalue weighted by Gasteiger charge is 2.07. The lowest BCUT2D eigenvalue weighted by molar-refractivity contribution is 0.474. The SMILES string of the molecule is CC.O=c1ccc2cc3ccc(O)cc3oc-2c1. The van der Waals surface area contributed by atoms with Crippen LogP contribution in [0.15, 0.2) is 51.7 Å². The smallest absolute Gasteiger partial charge is 0.182 e. The van der Waals surface area contributed by atoms with E-state index in [1.165, 1.54) is 18.2 Å². The van der Waals surface area contributed by atoms with Crippen molar-refractivity contribution in [2.45, 2.75) is 13.8 Å². The first-order valence-corrected chi connectivity index (χ1v) is 5.89. The first-order valence-electron chi connectivity index (χ1n) is 5.89. The van der Waals surface area contributed by atoms with Crippen LogP contribution in [0.5, 0.6) is 5.75 Å². The van der Waals surface area contributed by atoms with E-state index in [4.69, 9.17) is 4.42 Å². The second kappa shape index (κ2) is 4.92. The minimum atomic E-state index is -0.0873. The van der Waals surface area contributed by atoms with Crippen LogP contribution in [0, 0.1) is 0 Å². The molecule has 1 heterocycles. The number of aromatic hydroxyl groups is 1. The number of phenols is 1. The molecule has 3 heteroatoms. The first kappa shape index (κ1) is 12.2. The maximum Gasteiger partial charge on any atom is 0.182 e. The third-order valence-corrected chi connectivity index (χ3v) is 2.51. The van der Waals surface area contributed by atoms with E-state index in [2.05, 4.69) is 0 Å². The maximum atomic E-state index is 11.2. The molecule has 3 rings (SSSR count). The van der Waals surface area contributed by atoms with E-state index in [0.29, 0.717) is 11.3 Å². The maximum absolute atomic E-state index is 11.2. The van der Waals surface area contributed by atoms with Crippen LogP contribution in [0.25, 0.3) is 22.3 Å². The van der Waals surface area contributed by atoms with Gasteiger partial charge < -0.3 is 9.52 Å². The molecule has 1 N–H and O–H groups in total. The first-order chi connectivity index (χ1) is 8.72. The Morgan fingerprint density at radius 2 is 1.78 bits per heavy atom. The van der Waals surface area contributed by atoms with Gasteiger partial charge in [0.05, 0.1) is 0 Å². The summed E-state index contributed by atoms with van der Waals surface area (Å²) in [5.41, 5.74) is 1.35. The van der Waals surface area contributed by atoms with Gasteiger partial charge in [0, 0.05) is 23.1 Å². The van der Waals surface area contributed by atoms with E-state index in [1.807, 2.05) is 19.9 Å². The predicted octanol–water partition coefficient (Wildman–Crippen LogP) is 3.63. The van der Waals surface area contributed by atoms with Crippen LogP contribution in [0.4, 0.5) is 0 Å². The van der Waals surface area contributed by atoms with Gasteiger partial charge in [-0.2, -0.15) is 0 Å². The summed E-state index contributed by atoms with van der Waals surface area (Å²) >= 11 is 0. The minimum absolute atomic E-state index is 0.0873. The van der Waals surface area contributed by atoms with Crippen molar-refractivity contribution in [1.82, 2.24) is 0 Å². The molecule has 1 aromatic rings. The molecule has 0 saturated carbocycles. The van der Waals surface area contributed by atoms with Gasteiger partial charge in [0.1, 0.15) is 17.1 Å².